The largest absolute Gasteiger partial charge is 0.381 e. The Morgan fingerprint density at radius 3 is 2.54 bits per heavy atom. The number of halogens is 1. The van der Waals surface area contributed by atoms with Crippen molar-refractivity contribution in [3.63, 3.8) is 0 Å². The Morgan fingerprint density at radius 2 is 1.92 bits per heavy atom. The number of pyridine rings is 1. The van der Waals surface area contributed by atoms with Crippen LogP contribution < -0.4 is 5.32 Å². The summed E-state index contributed by atoms with van der Waals surface area (Å²) in [5, 5.41) is 3.29. The van der Waals surface area contributed by atoms with Crippen molar-refractivity contribution in [2.24, 2.45) is 5.92 Å². The van der Waals surface area contributed by atoms with Gasteiger partial charge in [0.1, 0.15) is 5.82 Å². The third kappa shape index (κ3) is 3.36. The lowest BCUT2D eigenvalue weighted by Gasteiger charge is -2.32. The molecule has 2 aromatic rings. The van der Waals surface area contributed by atoms with Gasteiger partial charge in [0.15, 0.2) is 0 Å². The molecule has 1 N–H and O–H groups in total. The van der Waals surface area contributed by atoms with Crippen LogP contribution in [-0.2, 0) is 14.9 Å². The van der Waals surface area contributed by atoms with Crippen molar-refractivity contribution in [2.75, 3.05) is 13.2 Å². The van der Waals surface area contributed by atoms with Crippen LogP contribution in [0, 0.1) is 11.7 Å². The molecule has 5 heteroatoms. The van der Waals surface area contributed by atoms with Gasteiger partial charge in [-0.3, -0.25) is 9.78 Å². The summed E-state index contributed by atoms with van der Waals surface area (Å²) in [6, 6.07) is 10.2. The number of hydrogen-bond acceptors (Lipinski definition) is 3. The first-order valence-corrected chi connectivity index (χ1v) is 9.24. The second-order valence-electron chi connectivity index (χ2n) is 7.28. The number of aromatic nitrogens is 1. The fourth-order valence-corrected chi connectivity index (χ4v) is 3.90. The van der Waals surface area contributed by atoms with Crippen molar-refractivity contribution in [3.8, 4) is 0 Å². The Morgan fingerprint density at radius 1 is 1.19 bits per heavy atom. The highest BCUT2D eigenvalue weighted by molar-refractivity contribution is 5.91. The minimum Gasteiger partial charge on any atom is -0.381 e. The lowest BCUT2D eigenvalue weighted by Crippen LogP contribution is -2.41. The molecule has 2 fully saturated rings. The van der Waals surface area contributed by atoms with E-state index in [0.29, 0.717) is 5.92 Å². The van der Waals surface area contributed by atoms with E-state index in [1.807, 2.05) is 18.3 Å². The quantitative estimate of drug-likeness (QED) is 0.894. The molecule has 1 aliphatic heterocycles. The zero-order valence-electron chi connectivity index (χ0n) is 14.7. The average molecular weight is 354 g/mol. The Balaban J connectivity index is 1.57. The first-order valence-electron chi connectivity index (χ1n) is 9.24. The standard InChI is InChI=1S/C21H23FN2O2/c22-18-5-3-17(4-6-18)21(9-10-21)20(25)24-19(15-7-12-26-13-8-15)16-2-1-11-23-14-16/h1-6,11,14-15,19H,7-10,12-13H2,(H,24,25)/t19-/m1/s1. The van der Waals surface area contributed by atoms with Gasteiger partial charge in [-0.15, -0.1) is 0 Å². The van der Waals surface area contributed by atoms with Crippen LogP contribution in [0.15, 0.2) is 48.8 Å². The van der Waals surface area contributed by atoms with Gasteiger partial charge in [0.2, 0.25) is 5.91 Å². The second-order valence-corrected chi connectivity index (χ2v) is 7.28. The van der Waals surface area contributed by atoms with Gasteiger partial charge in [-0.25, -0.2) is 4.39 Å². The molecule has 0 spiro atoms. The molecular weight excluding hydrogens is 331 g/mol. The van der Waals surface area contributed by atoms with Crippen LogP contribution >= 0.6 is 0 Å². The Bertz CT molecular complexity index is 753. The predicted molar refractivity (Wildman–Crippen MR) is 96.0 cm³/mol. The van der Waals surface area contributed by atoms with Crippen LogP contribution in [0.4, 0.5) is 4.39 Å². The zero-order chi connectivity index (χ0) is 18.0. The fourth-order valence-electron chi connectivity index (χ4n) is 3.90. The van der Waals surface area contributed by atoms with Crippen LogP contribution in [0.3, 0.4) is 0 Å². The minimum atomic E-state index is -0.515. The van der Waals surface area contributed by atoms with E-state index < -0.39 is 5.41 Å². The van der Waals surface area contributed by atoms with Crippen molar-refractivity contribution >= 4 is 5.91 Å². The molecule has 136 valence electrons. The van der Waals surface area contributed by atoms with Gasteiger partial charge in [0.05, 0.1) is 11.5 Å². The summed E-state index contributed by atoms with van der Waals surface area (Å²) in [5.74, 6) is 0.0887. The summed E-state index contributed by atoms with van der Waals surface area (Å²) < 4.78 is 18.7. The number of carbonyl (C=O) groups excluding carboxylic acids is 1. The number of benzene rings is 1. The number of amides is 1. The molecular formula is C21H23FN2O2. The molecule has 4 nitrogen and oxygen atoms in total. The number of rotatable bonds is 5. The number of nitrogens with one attached hydrogen (secondary N) is 1. The highest BCUT2D eigenvalue weighted by Gasteiger charge is 2.52. The van der Waals surface area contributed by atoms with Gasteiger partial charge >= 0.3 is 0 Å². The van der Waals surface area contributed by atoms with Gasteiger partial charge < -0.3 is 10.1 Å². The van der Waals surface area contributed by atoms with E-state index in [1.165, 1.54) is 12.1 Å². The molecule has 0 bridgehead atoms. The summed E-state index contributed by atoms with van der Waals surface area (Å²) in [7, 11) is 0. The van der Waals surface area contributed by atoms with Crippen molar-refractivity contribution in [1.82, 2.24) is 10.3 Å². The van der Waals surface area contributed by atoms with Crippen LogP contribution in [0.5, 0.6) is 0 Å². The smallest absolute Gasteiger partial charge is 0.231 e. The number of carbonyl (C=O) groups is 1. The number of nitrogens with zero attached hydrogens (tertiary/aromatic N) is 1. The summed E-state index contributed by atoms with van der Waals surface area (Å²) in [4.78, 5) is 17.4. The molecule has 1 saturated carbocycles. The average Bonchev–Trinajstić information content (AvgIpc) is 3.50. The van der Waals surface area contributed by atoms with Gasteiger partial charge in [-0.1, -0.05) is 18.2 Å². The maximum atomic E-state index is 13.3. The van der Waals surface area contributed by atoms with Gasteiger partial charge in [0, 0.05) is 25.6 Å². The molecule has 1 saturated heterocycles. The van der Waals surface area contributed by atoms with Gasteiger partial charge in [-0.2, -0.15) is 0 Å². The summed E-state index contributed by atoms with van der Waals surface area (Å²) in [5.41, 5.74) is 1.41. The lowest BCUT2D eigenvalue weighted by atomic mass is 9.86. The van der Waals surface area contributed by atoms with Crippen LogP contribution in [0.2, 0.25) is 0 Å². The Kier molecular flexibility index (Phi) is 4.72. The highest BCUT2D eigenvalue weighted by Crippen LogP contribution is 2.49. The SMILES string of the molecule is O=C(N[C@@H](c1cccnc1)C1CCOCC1)C1(c2ccc(F)cc2)CC1. The van der Waals surface area contributed by atoms with E-state index in [-0.39, 0.29) is 17.8 Å². The summed E-state index contributed by atoms with van der Waals surface area (Å²) in [6.45, 7) is 1.45. The molecule has 0 radical (unpaired) electrons. The molecule has 0 unspecified atom stereocenters. The maximum Gasteiger partial charge on any atom is 0.231 e. The van der Waals surface area contributed by atoms with Crippen LogP contribution in [-0.4, -0.2) is 24.1 Å². The van der Waals surface area contributed by atoms with Gasteiger partial charge in [-0.05, 0) is 60.9 Å². The molecule has 1 aliphatic carbocycles. The monoisotopic (exact) mass is 354 g/mol. The molecule has 1 atom stereocenters. The normalized spacial score (nSPS) is 20.3. The maximum absolute atomic E-state index is 13.3. The molecule has 2 aliphatic rings. The van der Waals surface area contributed by atoms with Gasteiger partial charge in [0.25, 0.3) is 0 Å². The molecule has 1 amide bonds. The van der Waals surface area contributed by atoms with Crippen LogP contribution in [0.25, 0.3) is 0 Å². The topological polar surface area (TPSA) is 51.2 Å². The molecule has 2 heterocycles. The summed E-state index contributed by atoms with van der Waals surface area (Å²) >= 11 is 0. The van der Waals surface area contributed by atoms with E-state index in [0.717, 1.165) is 50.0 Å². The van der Waals surface area contributed by atoms with Crippen molar-refractivity contribution < 1.29 is 13.9 Å². The lowest BCUT2D eigenvalue weighted by molar-refractivity contribution is -0.125. The second kappa shape index (κ2) is 7.16. The van der Waals surface area contributed by atoms with E-state index in [2.05, 4.69) is 10.3 Å². The third-order valence-electron chi connectivity index (χ3n) is 5.65. The van der Waals surface area contributed by atoms with Crippen LogP contribution in [0.1, 0.15) is 42.9 Å². The predicted octanol–water partition coefficient (Wildman–Crippen LogP) is 3.54. The molecule has 1 aromatic carbocycles. The zero-order valence-corrected chi connectivity index (χ0v) is 14.7. The molecule has 1 aromatic heterocycles. The van der Waals surface area contributed by atoms with Crippen molar-refractivity contribution in [1.29, 1.82) is 0 Å². The van der Waals surface area contributed by atoms with E-state index in [4.69, 9.17) is 4.74 Å². The number of hydrogen-bond donors (Lipinski definition) is 1. The van der Waals surface area contributed by atoms with E-state index in [1.54, 1.807) is 18.3 Å². The third-order valence-corrected chi connectivity index (χ3v) is 5.65. The highest BCUT2D eigenvalue weighted by atomic mass is 19.1. The van der Waals surface area contributed by atoms with Crippen molar-refractivity contribution in [2.45, 2.75) is 37.1 Å². The van der Waals surface area contributed by atoms with E-state index in [9.17, 15) is 9.18 Å². The molecule has 26 heavy (non-hydrogen) atoms. The first-order chi connectivity index (χ1) is 12.7. The first kappa shape index (κ1) is 17.2. The minimum absolute atomic E-state index is 0.0319. The Labute approximate surface area is 152 Å². The fraction of sp³-hybridized carbons (Fsp3) is 0.429. The molecule has 4 rings (SSSR count). The Hall–Kier alpha value is -2.27. The van der Waals surface area contributed by atoms with Crippen molar-refractivity contribution in [3.05, 3.63) is 65.7 Å². The number of ether oxygens (including phenoxy) is 1. The van der Waals surface area contributed by atoms with E-state index >= 15 is 0 Å². The summed E-state index contributed by atoms with van der Waals surface area (Å²) in [6.07, 6.45) is 7.02.